The molecule has 17 heavy (non-hydrogen) atoms. The number of aryl methyl sites for hydroxylation is 1. The Morgan fingerprint density at radius 3 is 2.71 bits per heavy atom. The predicted octanol–water partition coefficient (Wildman–Crippen LogP) is 1.16. The van der Waals surface area contributed by atoms with Gasteiger partial charge < -0.3 is 15.8 Å². The van der Waals surface area contributed by atoms with Crippen molar-refractivity contribution < 1.29 is 9.53 Å². The first-order valence-electron chi connectivity index (χ1n) is 5.89. The van der Waals surface area contributed by atoms with E-state index in [1.807, 2.05) is 24.3 Å². The third kappa shape index (κ3) is 2.18. The molecule has 1 fully saturated rings. The number of carbonyl (C=O) groups excluding carboxylic acids is 1. The highest BCUT2D eigenvalue weighted by Gasteiger charge is 2.44. The Kier molecular flexibility index (Phi) is 3.45. The molecule has 1 amide bonds. The van der Waals surface area contributed by atoms with Gasteiger partial charge in [0, 0.05) is 12.2 Å². The van der Waals surface area contributed by atoms with Crippen LogP contribution in [-0.2, 0) is 16.0 Å². The van der Waals surface area contributed by atoms with E-state index in [4.69, 9.17) is 10.5 Å². The summed E-state index contributed by atoms with van der Waals surface area (Å²) in [6.45, 7) is 3.23. The fourth-order valence-electron chi connectivity index (χ4n) is 1.90. The average Bonchev–Trinajstić information content (AvgIpc) is 2.29. The fraction of sp³-hybridized carbons (Fsp3) is 0.462. The van der Waals surface area contributed by atoms with E-state index in [1.54, 1.807) is 0 Å². The number of nitrogens with two attached hydrogens (primary N) is 1. The van der Waals surface area contributed by atoms with Gasteiger partial charge in [0.15, 0.2) is 0 Å². The zero-order valence-corrected chi connectivity index (χ0v) is 10.0. The number of nitrogens with one attached hydrogen (secondary N) is 1. The number of amides is 1. The van der Waals surface area contributed by atoms with E-state index in [9.17, 15) is 4.79 Å². The molecule has 0 radical (unpaired) electrons. The second-order valence-electron chi connectivity index (χ2n) is 4.44. The summed E-state index contributed by atoms with van der Waals surface area (Å²) in [7, 11) is 0. The Balaban J connectivity index is 2.12. The number of anilines is 1. The maximum Gasteiger partial charge on any atom is 0.236 e. The number of para-hydroxylation sites is 1. The summed E-state index contributed by atoms with van der Waals surface area (Å²) in [6, 6.07) is 7.82. The SMILES string of the molecule is CCc1ccccc1NC(=O)C1(CN)COC1. The van der Waals surface area contributed by atoms with Crippen molar-refractivity contribution in [3.8, 4) is 0 Å². The van der Waals surface area contributed by atoms with Crippen LogP contribution >= 0.6 is 0 Å². The Bertz CT molecular complexity index is 408. The number of carbonyl (C=O) groups is 1. The van der Waals surface area contributed by atoms with Crippen LogP contribution in [0.1, 0.15) is 12.5 Å². The predicted molar refractivity (Wildman–Crippen MR) is 66.8 cm³/mol. The zero-order chi connectivity index (χ0) is 12.3. The monoisotopic (exact) mass is 234 g/mol. The largest absolute Gasteiger partial charge is 0.379 e. The minimum Gasteiger partial charge on any atom is -0.379 e. The van der Waals surface area contributed by atoms with Crippen LogP contribution in [0, 0.1) is 5.41 Å². The van der Waals surface area contributed by atoms with Crippen molar-refractivity contribution in [1.82, 2.24) is 0 Å². The summed E-state index contributed by atoms with van der Waals surface area (Å²) in [5, 5.41) is 2.96. The van der Waals surface area contributed by atoms with Gasteiger partial charge in [-0.3, -0.25) is 4.79 Å². The van der Waals surface area contributed by atoms with Crippen molar-refractivity contribution in [2.75, 3.05) is 25.1 Å². The van der Waals surface area contributed by atoms with Gasteiger partial charge in [-0.2, -0.15) is 0 Å². The second-order valence-corrected chi connectivity index (χ2v) is 4.44. The topological polar surface area (TPSA) is 64.4 Å². The summed E-state index contributed by atoms with van der Waals surface area (Å²) >= 11 is 0. The van der Waals surface area contributed by atoms with E-state index in [0.29, 0.717) is 19.8 Å². The van der Waals surface area contributed by atoms with Gasteiger partial charge in [0.25, 0.3) is 0 Å². The maximum atomic E-state index is 12.1. The first-order valence-corrected chi connectivity index (χ1v) is 5.89. The third-order valence-electron chi connectivity index (χ3n) is 3.28. The lowest BCUT2D eigenvalue weighted by molar-refractivity contribution is -0.153. The van der Waals surface area contributed by atoms with Crippen LogP contribution in [0.5, 0.6) is 0 Å². The molecule has 1 aliphatic rings. The van der Waals surface area contributed by atoms with Crippen molar-refractivity contribution in [2.45, 2.75) is 13.3 Å². The number of hydrogen-bond donors (Lipinski definition) is 2. The van der Waals surface area contributed by atoms with Gasteiger partial charge in [-0.25, -0.2) is 0 Å². The van der Waals surface area contributed by atoms with Gasteiger partial charge in [0.2, 0.25) is 5.91 Å². The molecule has 1 aromatic carbocycles. The van der Waals surface area contributed by atoms with Crippen molar-refractivity contribution >= 4 is 11.6 Å². The molecule has 0 unspecified atom stereocenters. The van der Waals surface area contributed by atoms with Crippen molar-refractivity contribution in [3.05, 3.63) is 29.8 Å². The molecule has 2 rings (SSSR count). The highest BCUT2D eigenvalue weighted by molar-refractivity contribution is 5.96. The first-order chi connectivity index (χ1) is 8.22. The van der Waals surface area contributed by atoms with Gasteiger partial charge in [0.05, 0.1) is 13.2 Å². The van der Waals surface area contributed by atoms with Gasteiger partial charge in [-0.05, 0) is 18.1 Å². The molecule has 1 aliphatic heterocycles. The fourth-order valence-corrected chi connectivity index (χ4v) is 1.90. The van der Waals surface area contributed by atoms with Crippen LogP contribution in [0.2, 0.25) is 0 Å². The van der Waals surface area contributed by atoms with E-state index in [0.717, 1.165) is 17.7 Å². The highest BCUT2D eigenvalue weighted by Crippen LogP contribution is 2.28. The molecular weight excluding hydrogens is 216 g/mol. The molecule has 0 atom stereocenters. The van der Waals surface area contributed by atoms with Crippen LogP contribution in [0.3, 0.4) is 0 Å². The Labute approximate surface area is 101 Å². The van der Waals surface area contributed by atoms with Gasteiger partial charge in [0.1, 0.15) is 5.41 Å². The molecule has 0 spiro atoms. The first kappa shape index (κ1) is 12.1. The van der Waals surface area contributed by atoms with E-state index >= 15 is 0 Å². The molecule has 0 saturated carbocycles. The third-order valence-corrected chi connectivity index (χ3v) is 3.28. The van der Waals surface area contributed by atoms with Crippen LogP contribution in [-0.4, -0.2) is 25.7 Å². The lowest BCUT2D eigenvalue weighted by atomic mass is 9.85. The number of benzene rings is 1. The van der Waals surface area contributed by atoms with Crippen LogP contribution in [0.25, 0.3) is 0 Å². The number of rotatable bonds is 4. The highest BCUT2D eigenvalue weighted by atomic mass is 16.5. The molecule has 0 aromatic heterocycles. The second kappa shape index (κ2) is 4.85. The van der Waals surface area contributed by atoms with Gasteiger partial charge >= 0.3 is 0 Å². The summed E-state index contributed by atoms with van der Waals surface area (Å²) in [5.41, 5.74) is 7.13. The smallest absolute Gasteiger partial charge is 0.236 e. The molecule has 1 saturated heterocycles. The van der Waals surface area contributed by atoms with E-state index in [-0.39, 0.29) is 5.91 Å². The average molecular weight is 234 g/mol. The standard InChI is InChI=1S/C13H18N2O2/c1-2-10-5-3-4-6-11(10)15-12(16)13(7-14)8-17-9-13/h3-6H,2,7-9,14H2,1H3,(H,15,16). The molecule has 1 heterocycles. The van der Waals surface area contributed by atoms with Crippen LogP contribution < -0.4 is 11.1 Å². The summed E-state index contributed by atoms with van der Waals surface area (Å²) in [5.74, 6) is -0.0350. The lowest BCUT2D eigenvalue weighted by Gasteiger charge is -2.38. The maximum absolute atomic E-state index is 12.1. The minimum absolute atomic E-state index is 0.0350. The van der Waals surface area contributed by atoms with Gasteiger partial charge in [-0.15, -0.1) is 0 Å². The minimum atomic E-state index is -0.527. The molecule has 3 N–H and O–H groups in total. The van der Waals surface area contributed by atoms with Crippen LogP contribution in [0.15, 0.2) is 24.3 Å². The van der Waals surface area contributed by atoms with Crippen molar-refractivity contribution in [2.24, 2.45) is 11.1 Å². The summed E-state index contributed by atoms with van der Waals surface area (Å²) in [6.07, 6.45) is 0.891. The number of hydrogen-bond acceptors (Lipinski definition) is 3. The normalized spacial score (nSPS) is 17.3. The quantitative estimate of drug-likeness (QED) is 0.821. The number of ether oxygens (including phenoxy) is 1. The Hall–Kier alpha value is -1.39. The van der Waals surface area contributed by atoms with Crippen molar-refractivity contribution in [1.29, 1.82) is 0 Å². The molecule has 4 nitrogen and oxygen atoms in total. The zero-order valence-electron chi connectivity index (χ0n) is 10.0. The Morgan fingerprint density at radius 1 is 1.47 bits per heavy atom. The molecule has 1 aromatic rings. The van der Waals surface area contributed by atoms with E-state index in [1.165, 1.54) is 0 Å². The molecular formula is C13H18N2O2. The molecule has 0 bridgehead atoms. The molecule has 0 aliphatic carbocycles. The molecule has 92 valence electrons. The van der Waals surface area contributed by atoms with Crippen LogP contribution in [0.4, 0.5) is 5.69 Å². The summed E-state index contributed by atoms with van der Waals surface area (Å²) in [4.78, 5) is 12.1. The van der Waals surface area contributed by atoms with E-state index in [2.05, 4.69) is 12.2 Å². The molecule has 4 heteroatoms. The lowest BCUT2D eigenvalue weighted by Crippen LogP contribution is -2.56. The Morgan fingerprint density at radius 2 is 2.18 bits per heavy atom. The van der Waals surface area contributed by atoms with Gasteiger partial charge in [-0.1, -0.05) is 25.1 Å². The van der Waals surface area contributed by atoms with Crippen molar-refractivity contribution in [3.63, 3.8) is 0 Å². The summed E-state index contributed by atoms with van der Waals surface area (Å²) < 4.78 is 5.10. The van der Waals surface area contributed by atoms with E-state index < -0.39 is 5.41 Å².